The maximum atomic E-state index is 12.3. The standard InChI is InChI=1S/C13H25N3O/c1-11(13(17)16-6-2-3-7-16)15-8-4-12(10-14)5-9-15/h11-12H,2-10,14H2,1H3. The molecular formula is C13H25N3O. The average molecular weight is 239 g/mol. The number of hydrogen-bond donors (Lipinski definition) is 1. The highest BCUT2D eigenvalue weighted by Gasteiger charge is 2.29. The van der Waals surface area contributed by atoms with Gasteiger partial charge in [0.15, 0.2) is 0 Å². The molecule has 1 unspecified atom stereocenters. The van der Waals surface area contributed by atoms with E-state index in [-0.39, 0.29) is 6.04 Å². The van der Waals surface area contributed by atoms with Crippen LogP contribution in [0.4, 0.5) is 0 Å². The number of piperidine rings is 1. The van der Waals surface area contributed by atoms with Gasteiger partial charge in [0, 0.05) is 13.1 Å². The fourth-order valence-electron chi connectivity index (χ4n) is 2.93. The average Bonchev–Trinajstić information content (AvgIpc) is 2.91. The van der Waals surface area contributed by atoms with E-state index in [1.807, 2.05) is 4.90 Å². The highest BCUT2D eigenvalue weighted by molar-refractivity contribution is 5.81. The molecule has 2 rings (SSSR count). The molecule has 2 saturated heterocycles. The van der Waals surface area contributed by atoms with Crippen LogP contribution in [0.25, 0.3) is 0 Å². The molecule has 2 N–H and O–H groups in total. The molecular weight excluding hydrogens is 214 g/mol. The summed E-state index contributed by atoms with van der Waals surface area (Å²) in [6, 6.07) is 0.0619. The summed E-state index contributed by atoms with van der Waals surface area (Å²) >= 11 is 0. The molecule has 0 aliphatic carbocycles. The van der Waals surface area contributed by atoms with Crippen LogP contribution >= 0.6 is 0 Å². The molecule has 4 heteroatoms. The lowest BCUT2D eigenvalue weighted by atomic mass is 9.96. The normalized spacial score (nSPS) is 25.2. The summed E-state index contributed by atoms with van der Waals surface area (Å²) in [6.07, 6.45) is 4.64. The van der Waals surface area contributed by atoms with E-state index in [1.54, 1.807) is 0 Å². The van der Waals surface area contributed by atoms with Crippen LogP contribution in [0.3, 0.4) is 0 Å². The molecule has 17 heavy (non-hydrogen) atoms. The van der Waals surface area contributed by atoms with Crippen LogP contribution in [0.1, 0.15) is 32.6 Å². The van der Waals surface area contributed by atoms with E-state index >= 15 is 0 Å². The molecule has 2 fully saturated rings. The molecule has 4 nitrogen and oxygen atoms in total. The number of carbonyl (C=O) groups is 1. The summed E-state index contributed by atoms with van der Waals surface area (Å²) < 4.78 is 0. The number of amides is 1. The van der Waals surface area contributed by atoms with Gasteiger partial charge in [0.1, 0.15) is 0 Å². The van der Waals surface area contributed by atoms with Crippen LogP contribution in [0.2, 0.25) is 0 Å². The summed E-state index contributed by atoms with van der Waals surface area (Å²) in [5, 5.41) is 0. The van der Waals surface area contributed by atoms with Crippen LogP contribution in [0.15, 0.2) is 0 Å². The summed E-state index contributed by atoms with van der Waals surface area (Å²) in [5.74, 6) is 0.994. The number of likely N-dealkylation sites (tertiary alicyclic amines) is 2. The molecule has 0 radical (unpaired) electrons. The van der Waals surface area contributed by atoms with Crippen molar-refractivity contribution in [1.29, 1.82) is 0 Å². The second-order valence-corrected chi connectivity index (χ2v) is 5.42. The summed E-state index contributed by atoms with van der Waals surface area (Å²) in [6.45, 7) is 6.84. The van der Waals surface area contributed by atoms with E-state index in [4.69, 9.17) is 5.73 Å². The molecule has 98 valence electrons. The van der Waals surface area contributed by atoms with Gasteiger partial charge in [-0.1, -0.05) is 0 Å². The van der Waals surface area contributed by atoms with E-state index in [2.05, 4.69) is 11.8 Å². The number of nitrogens with zero attached hydrogens (tertiary/aromatic N) is 2. The van der Waals surface area contributed by atoms with Crippen molar-refractivity contribution in [2.24, 2.45) is 11.7 Å². The first kappa shape index (κ1) is 12.8. The number of carbonyl (C=O) groups excluding carboxylic acids is 1. The fraction of sp³-hybridized carbons (Fsp3) is 0.923. The van der Waals surface area contributed by atoms with Gasteiger partial charge in [0.25, 0.3) is 0 Å². The lowest BCUT2D eigenvalue weighted by Gasteiger charge is -2.36. The predicted octanol–water partition coefficient (Wildman–Crippen LogP) is 0.668. The minimum absolute atomic E-state index is 0.0619. The van der Waals surface area contributed by atoms with Gasteiger partial charge >= 0.3 is 0 Å². The molecule has 0 saturated carbocycles. The molecule has 0 aromatic rings. The van der Waals surface area contributed by atoms with Crippen LogP contribution < -0.4 is 5.73 Å². The third-order valence-corrected chi connectivity index (χ3v) is 4.31. The van der Waals surface area contributed by atoms with E-state index < -0.39 is 0 Å². The van der Waals surface area contributed by atoms with Gasteiger partial charge in [-0.05, 0) is 58.2 Å². The van der Waals surface area contributed by atoms with Crippen molar-refractivity contribution < 1.29 is 4.79 Å². The number of nitrogens with two attached hydrogens (primary N) is 1. The van der Waals surface area contributed by atoms with E-state index in [9.17, 15) is 4.79 Å². The maximum absolute atomic E-state index is 12.3. The first-order valence-electron chi connectivity index (χ1n) is 6.95. The third kappa shape index (κ3) is 2.99. The number of rotatable bonds is 3. The smallest absolute Gasteiger partial charge is 0.239 e. The Morgan fingerprint density at radius 1 is 1.24 bits per heavy atom. The van der Waals surface area contributed by atoms with E-state index in [0.717, 1.165) is 45.6 Å². The monoisotopic (exact) mass is 239 g/mol. The van der Waals surface area contributed by atoms with Crippen molar-refractivity contribution in [2.45, 2.75) is 38.6 Å². The molecule has 0 spiro atoms. The molecule has 1 atom stereocenters. The summed E-state index contributed by atoms with van der Waals surface area (Å²) in [4.78, 5) is 16.6. The minimum atomic E-state index is 0.0619. The Bertz CT molecular complexity index is 255. The predicted molar refractivity (Wildman–Crippen MR) is 68.6 cm³/mol. The SMILES string of the molecule is CC(C(=O)N1CCCC1)N1CCC(CN)CC1. The zero-order valence-electron chi connectivity index (χ0n) is 10.9. The van der Waals surface area contributed by atoms with Crippen molar-refractivity contribution in [3.63, 3.8) is 0 Å². The van der Waals surface area contributed by atoms with E-state index in [1.165, 1.54) is 12.8 Å². The van der Waals surface area contributed by atoms with Gasteiger partial charge in [-0.3, -0.25) is 9.69 Å². The Kier molecular flexibility index (Phi) is 4.40. The Morgan fingerprint density at radius 2 is 1.82 bits per heavy atom. The van der Waals surface area contributed by atoms with Gasteiger partial charge in [-0.25, -0.2) is 0 Å². The Balaban J connectivity index is 1.83. The maximum Gasteiger partial charge on any atom is 0.239 e. The van der Waals surface area contributed by atoms with Gasteiger partial charge in [-0.2, -0.15) is 0 Å². The van der Waals surface area contributed by atoms with E-state index in [0.29, 0.717) is 11.8 Å². The molecule has 2 aliphatic rings. The fourth-order valence-corrected chi connectivity index (χ4v) is 2.93. The van der Waals surface area contributed by atoms with Crippen molar-refractivity contribution in [2.75, 3.05) is 32.7 Å². The van der Waals surface area contributed by atoms with Gasteiger partial charge < -0.3 is 10.6 Å². The van der Waals surface area contributed by atoms with Crippen LogP contribution in [-0.4, -0.2) is 54.5 Å². The minimum Gasteiger partial charge on any atom is -0.341 e. The zero-order chi connectivity index (χ0) is 12.3. The van der Waals surface area contributed by atoms with Crippen molar-refractivity contribution in [3.05, 3.63) is 0 Å². The van der Waals surface area contributed by atoms with Crippen LogP contribution in [0, 0.1) is 5.92 Å². The Morgan fingerprint density at radius 3 is 2.35 bits per heavy atom. The lowest BCUT2D eigenvalue weighted by molar-refractivity contribution is -0.135. The van der Waals surface area contributed by atoms with Crippen molar-refractivity contribution >= 4 is 5.91 Å². The summed E-state index contributed by atoms with van der Waals surface area (Å²) in [5.41, 5.74) is 5.69. The van der Waals surface area contributed by atoms with Gasteiger partial charge in [0.05, 0.1) is 6.04 Å². The Labute approximate surface area is 104 Å². The Hall–Kier alpha value is -0.610. The first-order chi connectivity index (χ1) is 8.22. The largest absolute Gasteiger partial charge is 0.341 e. The quantitative estimate of drug-likeness (QED) is 0.787. The molecule has 0 aromatic carbocycles. The molecule has 0 bridgehead atoms. The lowest BCUT2D eigenvalue weighted by Crippen LogP contribution is -2.49. The number of hydrogen-bond acceptors (Lipinski definition) is 3. The van der Waals surface area contributed by atoms with Crippen LogP contribution in [0.5, 0.6) is 0 Å². The van der Waals surface area contributed by atoms with Crippen LogP contribution in [-0.2, 0) is 4.79 Å². The van der Waals surface area contributed by atoms with Gasteiger partial charge in [-0.15, -0.1) is 0 Å². The van der Waals surface area contributed by atoms with Gasteiger partial charge in [0.2, 0.25) is 5.91 Å². The third-order valence-electron chi connectivity index (χ3n) is 4.31. The topological polar surface area (TPSA) is 49.6 Å². The molecule has 2 heterocycles. The second kappa shape index (κ2) is 5.83. The first-order valence-corrected chi connectivity index (χ1v) is 6.95. The summed E-state index contributed by atoms with van der Waals surface area (Å²) in [7, 11) is 0. The molecule has 0 aromatic heterocycles. The highest BCUT2D eigenvalue weighted by atomic mass is 16.2. The van der Waals surface area contributed by atoms with Crippen molar-refractivity contribution in [1.82, 2.24) is 9.80 Å². The molecule has 1 amide bonds. The van der Waals surface area contributed by atoms with Crippen molar-refractivity contribution in [3.8, 4) is 0 Å². The zero-order valence-corrected chi connectivity index (χ0v) is 10.9. The second-order valence-electron chi connectivity index (χ2n) is 5.42. The highest BCUT2D eigenvalue weighted by Crippen LogP contribution is 2.19. The molecule has 2 aliphatic heterocycles.